The average Bonchev–Trinajstić information content (AvgIpc) is 2.50. The van der Waals surface area contributed by atoms with Crippen LogP contribution in [-0.2, 0) is 11.2 Å². The van der Waals surface area contributed by atoms with E-state index in [9.17, 15) is 4.79 Å². The quantitative estimate of drug-likeness (QED) is 0.785. The number of nitrogens with one attached hydrogen (secondary N) is 1. The monoisotopic (exact) mass is 302 g/mol. The largest absolute Gasteiger partial charge is 0.356 e. The van der Waals surface area contributed by atoms with Crippen LogP contribution in [0.5, 0.6) is 0 Å². The standard InChI is InChI=1S/C19H30N2O/c1-16-13-17(2)15-21(14-16)12-6-11-20-19(22)10-9-18-7-4-3-5-8-18/h3-5,7-8,16-17H,6,9-15H2,1-2H3,(H,20,22)/t16-,17-/m1/s1. The van der Waals surface area contributed by atoms with Crippen LogP contribution in [0.3, 0.4) is 0 Å². The highest BCUT2D eigenvalue weighted by atomic mass is 16.1. The van der Waals surface area contributed by atoms with Gasteiger partial charge in [0.1, 0.15) is 0 Å². The normalized spacial score (nSPS) is 22.5. The van der Waals surface area contributed by atoms with Gasteiger partial charge >= 0.3 is 0 Å². The lowest BCUT2D eigenvalue weighted by Crippen LogP contribution is -2.40. The highest BCUT2D eigenvalue weighted by Gasteiger charge is 2.20. The van der Waals surface area contributed by atoms with Crippen molar-refractivity contribution in [3.8, 4) is 0 Å². The molecule has 0 unspecified atom stereocenters. The minimum atomic E-state index is 0.171. The lowest BCUT2D eigenvalue weighted by Gasteiger charge is -2.34. The number of likely N-dealkylation sites (tertiary alicyclic amines) is 1. The number of hydrogen-bond acceptors (Lipinski definition) is 2. The zero-order valence-electron chi connectivity index (χ0n) is 14.1. The molecule has 0 radical (unpaired) electrons. The molecule has 22 heavy (non-hydrogen) atoms. The molecule has 1 heterocycles. The van der Waals surface area contributed by atoms with Crippen LogP contribution in [0.15, 0.2) is 30.3 Å². The van der Waals surface area contributed by atoms with Gasteiger partial charge in [-0.05, 0) is 43.2 Å². The van der Waals surface area contributed by atoms with Crippen molar-refractivity contribution in [1.82, 2.24) is 10.2 Å². The SMILES string of the molecule is C[C@@H]1C[C@@H](C)CN(CCCNC(=O)CCc2ccccc2)C1. The molecule has 1 fully saturated rings. The van der Waals surface area contributed by atoms with E-state index < -0.39 is 0 Å². The van der Waals surface area contributed by atoms with E-state index in [1.165, 1.54) is 25.1 Å². The molecule has 1 aliphatic rings. The number of rotatable bonds is 7. The molecule has 2 rings (SSSR count). The molecule has 122 valence electrons. The minimum absolute atomic E-state index is 0.171. The Hall–Kier alpha value is -1.35. The van der Waals surface area contributed by atoms with Gasteiger partial charge in [-0.1, -0.05) is 44.2 Å². The summed E-state index contributed by atoms with van der Waals surface area (Å²) in [4.78, 5) is 14.4. The highest BCUT2D eigenvalue weighted by molar-refractivity contribution is 5.76. The van der Waals surface area contributed by atoms with E-state index >= 15 is 0 Å². The molecule has 1 N–H and O–H groups in total. The van der Waals surface area contributed by atoms with Gasteiger partial charge in [0.05, 0.1) is 0 Å². The van der Waals surface area contributed by atoms with Gasteiger partial charge in [0.25, 0.3) is 0 Å². The number of benzene rings is 1. The lowest BCUT2D eigenvalue weighted by molar-refractivity contribution is -0.121. The van der Waals surface area contributed by atoms with Crippen LogP contribution in [0.1, 0.15) is 38.7 Å². The summed E-state index contributed by atoms with van der Waals surface area (Å²) < 4.78 is 0. The van der Waals surface area contributed by atoms with Crippen LogP contribution in [-0.4, -0.2) is 37.0 Å². The Bertz CT molecular complexity index is 436. The molecule has 3 heteroatoms. The number of aryl methyl sites for hydroxylation is 1. The number of carbonyl (C=O) groups is 1. The van der Waals surface area contributed by atoms with E-state index in [1.807, 2.05) is 18.2 Å². The van der Waals surface area contributed by atoms with E-state index in [0.717, 1.165) is 37.8 Å². The van der Waals surface area contributed by atoms with Gasteiger partial charge in [0.2, 0.25) is 5.91 Å². The van der Waals surface area contributed by atoms with Crippen LogP contribution in [0.25, 0.3) is 0 Å². The van der Waals surface area contributed by atoms with Crippen molar-refractivity contribution < 1.29 is 4.79 Å². The Labute approximate surface area is 135 Å². The number of amides is 1. The van der Waals surface area contributed by atoms with Crippen LogP contribution in [0, 0.1) is 11.8 Å². The van der Waals surface area contributed by atoms with Gasteiger partial charge in [-0.2, -0.15) is 0 Å². The van der Waals surface area contributed by atoms with E-state index in [1.54, 1.807) is 0 Å². The fourth-order valence-corrected chi connectivity index (χ4v) is 3.50. The molecular formula is C19H30N2O. The van der Waals surface area contributed by atoms with Gasteiger partial charge in [-0.15, -0.1) is 0 Å². The van der Waals surface area contributed by atoms with Crippen molar-refractivity contribution >= 4 is 5.91 Å². The molecule has 0 bridgehead atoms. The van der Waals surface area contributed by atoms with E-state index in [0.29, 0.717) is 6.42 Å². The third kappa shape index (κ3) is 6.18. The van der Waals surface area contributed by atoms with Gasteiger partial charge in [0, 0.05) is 26.1 Å². The lowest BCUT2D eigenvalue weighted by atomic mass is 9.92. The number of hydrogen-bond donors (Lipinski definition) is 1. The van der Waals surface area contributed by atoms with Crippen LogP contribution in [0.2, 0.25) is 0 Å². The number of carbonyl (C=O) groups excluding carboxylic acids is 1. The number of nitrogens with zero attached hydrogens (tertiary/aromatic N) is 1. The molecule has 0 aliphatic carbocycles. The molecule has 1 aromatic rings. The Morgan fingerprint density at radius 1 is 1.18 bits per heavy atom. The summed E-state index contributed by atoms with van der Waals surface area (Å²) in [5, 5.41) is 3.05. The van der Waals surface area contributed by atoms with Crippen molar-refractivity contribution in [2.24, 2.45) is 11.8 Å². The topological polar surface area (TPSA) is 32.3 Å². The van der Waals surface area contributed by atoms with Crippen molar-refractivity contribution in [2.45, 2.75) is 39.5 Å². The second-order valence-corrected chi connectivity index (χ2v) is 6.89. The van der Waals surface area contributed by atoms with Crippen molar-refractivity contribution in [1.29, 1.82) is 0 Å². The smallest absolute Gasteiger partial charge is 0.220 e. The third-order valence-electron chi connectivity index (χ3n) is 4.40. The van der Waals surface area contributed by atoms with Crippen LogP contribution < -0.4 is 5.32 Å². The first kappa shape index (κ1) is 17.0. The Morgan fingerprint density at radius 2 is 1.86 bits per heavy atom. The Kier molecular flexibility index (Phi) is 6.91. The molecular weight excluding hydrogens is 272 g/mol. The first-order valence-electron chi connectivity index (χ1n) is 8.66. The fraction of sp³-hybridized carbons (Fsp3) is 0.632. The summed E-state index contributed by atoms with van der Waals surface area (Å²) in [6.07, 6.45) is 3.82. The van der Waals surface area contributed by atoms with Gasteiger partial charge in [0.15, 0.2) is 0 Å². The maximum atomic E-state index is 11.8. The summed E-state index contributed by atoms with van der Waals surface area (Å²) in [6, 6.07) is 10.2. The zero-order valence-corrected chi connectivity index (χ0v) is 14.1. The molecule has 1 saturated heterocycles. The minimum Gasteiger partial charge on any atom is -0.356 e. The predicted octanol–water partition coefficient (Wildman–Crippen LogP) is 3.10. The van der Waals surface area contributed by atoms with Crippen LogP contribution in [0.4, 0.5) is 0 Å². The van der Waals surface area contributed by atoms with Crippen molar-refractivity contribution in [2.75, 3.05) is 26.2 Å². The molecule has 3 nitrogen and oxygen atoms in total. The fourth-order valence-electron chi connectivity index (χ4n) is 3.50. The van der Waals surface area contributed by atoms with E-state index in [-0.39, 0.29) is 5.91 Å². The Balaban J connectivity index is 1.55. The Morgan fingerprint density at radius 3 is 2.55 bits per heavy atom. The van der Waals surface area contributed by atoms with E-state index in [2.05, 4.69) is 36.2 Å². The van der Waals surface area contributed by atoms with Gasteiger partial charge < -0.3 is 10.2 Å². The molecule has 1 aromatic carbocycles. The second-order valence-electron chi connectivity index (χ2n) is 6.89. The molecule has 0 saturated carbocycles. The summed E-state index contributed by atoms with van der Waals surface area (Å²) in [5.74, 6) is 1.79. The third-order valence-corrected chi connectivity index (χ3v) is 4.40. The maximum Gasteiger partial charge on any atom is 0.220 e. The summed E-state index contributed by atoms with van der Waals surface area (Å²) in [6.45, 7) is 9.02. The maximum absolute atomic E-state index is 11.8. The first-order chi connectivity index (χ1) is 10.6. The van der Waals surface area contributed by atoms with Gasteiger partial charge in [-0.3, -0.25) is 4.79 Å². The molecule has 0 aromatic heterocycles. The van der Waals surface area contributed by atoms with Crippen molar-refractivity contribution in [3.05, 3.63) is 35.9 Å². The molecule has 1 amide bonds. The predicted molar refractivity (Wildman–Crippen MR) is 91.8 cm³/mol. The summed E-state index contributed by atoms with van der Waals surface area (Å²) in [7, 11) is 0. The summed E-state index contributed by atoms with van der Waals surface area (Å²) in [5.41, 5.74) is 1.23. The molecule has 1 aliphatic heterocycles. The highest BCUT2D eigenvalue weighted by Crippen LogP contribution is 2.20. The van der Waals surface area contributed by atoms with E-state index in [4.69, 9.17) is 0 Å². The second kappa shape index (κ2) is 8.94. The van der Waals surface area contributed by atoms with Crippen molar-refractivity contribution in [3.63, 3.8) is 0 Å². The molecule has 2 atom stereocenters. The number of piperidine rings is 1. The zero-order chi connectivity index (χ0) is 15.8. The molecule has 0 spiro atoms. The van der Waals surface area contributed by atoms with Gasteiger partial charge in [-0.25, -0.2) is 0 Å². The summed E-state index contributed by atoms with van der Waals surface area (Å²) >= 11 is 0. The average molecular weight is 302 g/mol. The van der Waals surface area contributed by atoms with Crippen LogP contribution >= 0.6 is 0 Å². The first-order valence-corrected chi connectivity index (χ1v) is 8.66.